The summed E-state index contributed by atoms with van der Waals surface area (Å²) in [6.45, 7) is 0. The Morgan fingerprint density at radius 1 is 1.00 bits per heavy atom. The number of nitrogens with zero attached hydrogens (tertiary/aromatic N) is 2. The maximum atomic E-state index is 13.4. The first-order valence-electron chi connectivity index (χ1n) is 5.21. The summed E-state index contributed by atoms with van der Waals surface area (Å²) in [7, 11) is 0. The van der Waals surface area contributed by atoms with Crippen LogP contribution in [0.15, 0.2) is 18.2 Å². The van der Waals surface area contributed by atoms with E-state index < -0.39 is 46.1 Å². The summed E-state index contributed by atoms with van der Waals surface area (Å²) in [5.74, 6) is -6.88. The van der Waals surface area contributed by atoms with Crippen molar-refractivity contribution in [2.75, 3.05) is 5.32 Å². The molecule has 0 fully saturated rings. The van der Waals surface area contributed by atoms with Gasteiger partial charge in [0.1, 0.15) is 11.0 Å². The minimum absolute atomic E-state index is 0.521. The predicted octanol–water partition coefficient (Wildman–Crippen LogP) is 4.31. The van der Waals surface area contributed by atoms with Crippen molar-refractivity contribution in [1.29, 1.82) is 0 Å². The molecule has 3 nitrogen and oxygen atoms in total. The van der Waals surface area contributed by atoms with Crippen LogP contribution in [0.4, 0.5) is 37.8 Å². The number of hydrogen-bond donors (Lipinski definition) is 1. The van der Waals surface area contributed by atoms with Crippen LogP contribution in [-0.2, 0) is 6.18 Å². The zero-order valence-corrected chi connectivity index (χ0v) is 10.5. The Balaban J connectivity index is 2.41. The van der Waals surface area contributed by atoms with E-state index >= 15 is 0 Å². The molecule has 0 saturated carbocycles. The minimum atomic E-state index is -4.87. The molecule has 0 atom stereocenters. The first kappa shape index (κ1) is 15.4. The summed E-state index contributed by atoms with van der Waals surface area (Å²) in [4.78, 5) is 6.04. The number of benzene rings is 1. The summed E-state index contributed by atoms with van der Waals surface area (Å²) in [5.41, 5.74) is -0.600. The van der Waals surface area contributed by atoms with Crippen molar-refractivity contribution in [2.24, 2.45) is 0 Å². The van der Waals surface area contributed by atoms with Crippen molar-refractivity contribution in [3.63, 3.8) is 0 Å². The molecule has 0 aliphatic carbocycles. The van der Waals surface area contributed by atoms with Crippen LogP contribution >= 0.6 is 11.6 Å². The zero-order chi connectivity index (χ0) is 15.8. The first-order valence-corrected chi connectivity index (χ1v) is 5.58. The number of alkyl halides is 3. The molecule has 21 heavy (non-hydrogen) atoms. The Bertz CT molecular complexity index is 688. The van der Waals surface area contributed by atoms with Crippen molar-refractivity contribution in [1.82, 2.24) is 9.97 Å². The molecule has 10 heteroatoms. The van der Waals surface area contributed by atoms with E-state index in [1.807, 2.05) is 0 Å². The Morgan fingerprint density at radius 3 is 2.29 bits per heavy atom. The maximum Gasteiger partial charge on any atom is 0.451 e. The summed E-state index contributed by atoms with van der Waals surface area (Å²) >= 11 is 5.40. The molecule has 0 bridgehead atoms. The zero-order valence-electron chi connectivity index (χ0n) is 9.77. The molecule has 0 saturated heterocycles. The maximum absolute atomic E-state index is 13.4. The Morgan fingerprint density at radius 2 is 1.67 bits per heavy atom. The number of anilines is 2. The van der Waals surface area contributed by atoms with Gasteiger partial charge in [-0.25, -0.2) is 23.1 Å². The lowest BCUT2D eigenvalue weighted by molar-refractivity contribution is -0.144. The highest BCUT2D eigenvalue weighted by atomic mass is 35.5. The molecule has 2 rings (SSSR count). The van der Waals surface area contributed by atoms with Gasteiger partial charge in [-0.1, -0.05) is 11.6 Å². The molecule has 2 aromatic rings. The molecule has 0 aliphatic rings. The number of rotatable bonds is 2. The minimum Gasteiger partial charge on any atom is -0.338 e. The lowest BCUT2D eigenvalue weighted by atomic mass is 10.3. The summed E-state index contributed by atoms with van der Waals surface area (Å²) in [6, 6.07) is 2.28. The molecule has 0 aliphatic heterocycles. The van der Waals surface area contributed by atoms with Gasteiger partial charge in [-0.3, -0.25) is 0 Å². The quantitative estimate of drug-likeness (QED) is 0.507. The Hall–Kier alpha value is -2.03. The largest absolute Gasteiger partial charge is 0.451 e. The van der Waals surface area contributed by atoms with Gasteiger partial charge in [0, 0.05) is 6.07 Å². The molecule has 0 unspecified atom stereocenters. The van der Waals surface area contributed by atoms with E-state index in [-0.39, 0.29) is 0 Å². The third-order valence-corrected chi connectivity index (χ3v) is 2.44. The van der Waals surface area contributed by atoms with Crippen LogP contribution in [0, 0.1) is 17.5 Å². The van der Waals surface area contributed by atoms with Crippen LogP contribution in [-0.4, -0.2) is 9.97 Å². The topological polar surface area (TPSA) is 37.8 Å². The molecule has 0 radical (unpaired) electrons. The van der Waals surface area contributed by atoms with Crippen molar-refractivity contribution in [3.8, 4) is 0 Å². The molecule has 1 aromatic carbocycles. The van der Waals surface area contributed by atoms with Crippen molar-refractivity contribution in [2.45, 2.75) is 6.18 Å². The van der Waals surface area contributed by atoms with Gasteiger partial charge in [0.25, 0.3) is 0 Å². The average Bonchev–Trinajstić information content (AvgIpc) is 2.38. The average molecular weight is 328 g/mol. The second kappa shape index (κ2) is 5.40. The van der Waals surface area contributed by atoms with Crippen LogP contribution in [0.25, 0.3) is 0 Å². The second-order valence-electron chi connectivity index (χ2n) is 3.75. The highest BCUT2D eigenvalue weighted by molar-refractivity contribution is 6.29. The lowest BCUT2D eigenvalue weighted by Gasteiger charge is -2.10. The molecular weight excluding hydrogens is 324 g/mol. The SMILES string of the molecule is Fc1ccc(Nc2cc(Cl)nc(C(F)(F)F)n2)c(F)c1F. The third kappa shape index (κ3) is 3.35. The molecular formula is C11H4ClF6N3. The van der Waals surface area contributed by atoms with Crippen LogP contribution < -0.4 is 5.32 Å². The van der Waals surface area contributed by atoms with E-state index in [4.69, 9.17) is 11.6 Å². The summed E-state index contributed by atoms with van der Waals surface area (Å²) in [5, 5.41) is 1.52. The lowest BCUT2D eigenvalue weighted by Crippen LogP contribution is -2.12. The van der Waals surface area contributed by atoms with Gasteiger partial charge in [-0.05, 0) is 12.1 Å². The fraction of sp³-hybridized carbons (Fsp3) is 0.0909. The van der Waals surface area contributed by atoms with Gasteiger partial charge in [0.05, 0.1) is 5.69 Å². The van der Waals surface area contributed by atoms with E-state index in [0.717, 1.165) is 12.1 Å². The van der Waals surface area contributed by atoms with Crippen LogP contribution in [0.1, 0.15) is 5.82 Å². The van der Waals surface area contributed by atoms with E-state index in [0.29, 0.717) is 6.07 Å². The fourth-order valence-electron chi connectivity index (χ4n) is 1.37. The number of hydrogen-bond acceptors (Lipinski definition) is 3. The summed E-state index contributed by atoms with van der Waals surface area (Å²) in [6.07, 6.45) is -4.87. The van der Waals surface area contributed by atoms with Crippen molar-refractivity contribution >= 4 is 23.1 Å². The normalized spacial score (nSPS) is 11.6. The molecule has 1 heterocycles. The number of nitrogens with one attached hydrogen (secondary N) is 1. The smallest absolute Gasteiger partial charge is 0.338 e. The number of halogens is 7. The van der Waals surface area contributed by atoms with E-state index in [9.17, 15) is 26.3 Å². The molecule has 1 N–H and O–H groups in total. The van der Waals surface area contributed by atoms with Crippen molar-refractivity contribution < 1.29 is 26.3 Å². The molecule has 112 valence electrons. The van der Waals surface area contributed by atoms with Gasteiger partial charge in [0.2, 0.25) is 5.82 Å². The molecule has 0 amide bonds. The van der Waals surface area contributed by atoms with Crippen LogP contribution in [0.3, 0.4) is 0 Å². The van der Waals surface area contributed by atoms with Gasteiger partial charge in [0.15, 0.2) is 17.5 Å². The second-order valence-corrected chi connectivity index (χ2v) is 4.13. The van der Waals surface area contributed by atoms with Gasteiger partial charge in [-0.2, -0.15) is 13.2 Å². The van der Waals surface area contributed by atoms with Crippen LogP contribution in [0.2, 0.25) is 5.15 Å². The van der Waals surface area contributed by atoms with Gasteiger partial charge < -0.3 is 5.32 Å². The Kier molecular flexibility index (Phi) is 3.95. The van der Waals surface area contributed by atoms with Crippen LogP contribution in [0.5, 0.6) is 0 Å². The standard InChI is InChI=1S/C11H4ClF6N3/c12-6-3-7(21-10(20-6)11(16,17)18)19-5-2-1-4(13)8(14)9(5)15/h1-3H,(H,19,20,21). The monoisotopic (exact) mass is 327 g/mol. The van der Waals surface area contributed by atoms with Gasteiger partial charge >= 0.3 is 6.18 Å². The van der Waals surface area contributed by atoms with Crippen molar-refractivity contribution in [3.05, 3.63) is 46.6 Å². The predicted molar refractivity (Wildman–Crippen MR) is 61.6 cm³/mol. The third-order valence-electron chi connectivity index (χ3n) is 2.25. The van der Waals surface area contributed by atoms with Gasteiger partial charge in [-0.15, -0.1) is 0 Å². The fourth-order valence-corrected chi connectivity index (χ4v) is 1.55. The molecule has 1 aromatic heterocycles. The highest BCUT2D eigenvalue weighted by Gasteiger charge is 2.35. The first-order chi connectivity index (χ1) is 9.68. The highest BCUT2D eigenvalue weighted by Crippen LogP contribution is 2.29. The Labute approximate surface area is 118 Å². The number of aromatic nitrogens is 2. The van der Waals surface area contributed by atoms with E-state index in [1.54, 1.807) is 0 Å². The van der Waals surface area contributed by atoms with E-state index in [1.165, 1.54) is 0 Å². The molecule has 0 spiro atoms. The summed E-state index contributed by atoms with van der Waals surface area (Å²) < 4.78 is 76.6. The van der Waals surface area contributed by atoms with E-state index in [2.05, 4.69) is 15.3 Å².